The standard InChI is InChI=1S/C11H10F3N3O.ClH/c1-6(15)9-5-8(17-18-9)7-2-3-16-10(4-7)11(12,13)14;/h2-6H,15H2,1H3;1H. The second-order valence-electron chi connectivity index (χ2n) is 3.83. The summed E-state index contributed by atoms with van der Waals surface area (Å²) in [7, 11) is 0. The molecule has 0 saturated carbocycles. The van der Waals surface area contributed by atoms with Gasteiger partial charge in [-0.15, -0.1) is 12.4 Å². The van der Waals surface area contributed by atoms with Gasteiger partial charge in [0.25, 0.3) is 0 Å². The molecule has 2 aromatic heterocycles. The van der Waals surface area contributed by atoms with Gasteiger partial charge in [0.15, 0.2) is 5.76 Å². The summed E-state index contributed by atoms with van der Waals surface area (Å²) in [5.41, 5.74) is 5.20. The van der Waals surface area contributed by atoms with Gasteiger partial charge in [0.05, 0.1) is 6.04 Å². The lowest BCUT2D eigenvalue weighted by molar-refractivity contribution is -0.141. The summed E-state index contributed by atoms with van der Waals surface area (Å²) in [5, 5.41) is 3.68. The molecule has 0 aliphatic rings. The van der Waals surface area contributed by atoms with Gasteiger partial charge in [-0.05, 0) is 19.1 Å². The van der Waals surface area contributed by atoms with Crippen molar-refractivity contribution in [2.45, 2.75) is 19.1 Å². The third-order valence-electron chi connectivity index (χ3n) is 2.32. The van der Waals surface area contributed by atoms with Crippen molar-refractivity contribution in [1.29, 1.82) is 0 Å². The first-order valence-corrected chi connectivity index (χ1v) is 5.14. The SMILES string of the molecule is CC(N)c1cc(-c2ccnc(C(F)(F)F)c2)no1.Cl. The summed E-state index contributed by atoms with van der Waals surface area (Å²) < 4.78 is 42.4. The van der Waals surface area contributed by atoms with E-state index < -0.39 is 11.9 Å². The van der Waals surface area contributed by atoms with E-state index in [4.69, 9.17) is 10.3 Å². The predicted molar refractivity (Wildman–Crippen MR) is 64.6 cm³/mol. The zero-order chi connectivity index (χ0) is 13.3. The zero-order valence-electron chi connectivity index (χ0n) is 9.81. The Balaban J connectivity index is 0.00000180. The Morgan fingerprint density at radius 2 is 2.00 bits per heavy atom. The van der Waals surface area contributed by atoms with Crippen LogP contribution in [0.5, 0.6) is 0 Å². The van der Waals surface area contributed by atoms with Crippen LogP contribution in [0.1, 0.15) is 24.4 Å². The number of aromatic nitrogens is 2. The minimum atomic E-state index is -4.48. The van der Waals surface area contributed by atoms with Crippen LogP contribution in [0.25, 0.3) is 11.3 Å². The maximum absolute atomic E-state index is 12.5. The molecule has 19 heavy (non-hydrogen) atoms. The van der Waals surface area contributed by atoms with E-state index in [1.807, 2.05) is 0 Å². The van der Waals surface area contributed by atoms with Gasteiger partial charge in [-0.3, -0.25) is 4.98 Å². The molecule has 4 nitrogen and oxygen atoms in total. The summed E-state index contributed by atoms with van der Waals surface area (Å²) in [4.78, 5) is 3.27. The topological polar surface area (TPSA) is 64.9 Å². The maximum Gasteiger partial charge on any atom is 0.433 e. The Bertz CT molecular complexity index is 554. The second kappa shape index (κ2) is 5.58. The van der Waals surface area contributed by atoms with Gasteiger partial charge in [0.1, 0.15) is 11.4 Å². The van der Waals surface area contributed by atoms with E-state index in [0.717, 1.165) is 12.3 Å². The molecule has 1 atom stereocenters. The van der Waals surface area contributed by atoms with Crippen LogP contribution in [0.4, 0.5) is 13.2 Å². The summed E-state index contributed by atoms with van der Waals surface area (Å²) in [6.45, 7) is 1.69. The van der Waals surface area contributed by atoms with Crippen molar-refractivity contribution in [1.82, 2.24) is 10.1 Å². The number of alkyl halides is 3. The highest BCUT2D eigenvalue weighted by Crippen LogP contribution is 2.30. The smallest absolute Gasteiger partial charge is 0.359 e. The van der Waals surface area contributed by atoms with Crippen molar-refractivity contribution in [3.05, 3.63) is 35.9 Å². The summed E-state index contributed by atoms with van der Waals surface area (Å²) >= 11 is 0. The van der Waals surface area contributed by atoms with Gasteiger partial charge < -0.3 is 10.3 Å². The summed E-state index contributed by atoms with van der Waals surface area (Å²) in [6, 6.07) is 3.50. The molecule has 2 aromatic rings. The van der Waals surface area contributed by atoms with Gasteiger partial charge in [-0.2, -0.15) is 13.2 Å². The molecular formula is C11H11ClF3N3O. The van der Waals surface area contributed by atoms with Crippen LogP contribution in [0.15, 0.2) is 28.9 Å². The fourth-order valence-corrected chi connectivity index (χ4v) is 1.38. The number of nitrogens with zero attached hydrogens (tertiary/aromatic N) is 2. The fraction of sp³-hybridized carbons (Fsp3) is 0.273. The van der Waals surface area contributed by atoms with Crippen LogP contribution in [0, 0.1) is 0 Å². The van der Waals surface area contributed by atoms with E-state index in [1.54, 1.807) is 6.92 Å². The number of nitrogens with two attached hydrogens (primary N) is 1. The Morgan fingerprint density at radius 1 is 1.32 bits per heavy atom. The Labute approximate surface area is 113 Å². The van der Waals surface area contributed by atoms with E-state index in [9.17, 15) is 13.2 Å². The normalized spacial score (nSPS) is 12.9. The van der Waals surface area contributed by atoms with Crippen LogP contribution in [-0.4, -0.2) is 10.1 Å². The first-order chi connectivity index (χ1) is 8.38. The van der Waals surface area contributed by atoms with Crippen LogP contribution < -0.4 is 5.73 Å². The molecule has 0 saturated heterocycles. The van der Waals surface area contributed by atoms with E-state index in [2.05, 4.69) is 10.1 Å². The van der Waals surface area contributed by atoms with Gasteiger partial charge in [0, 0.05) is 17.8 Å². The van der Waals surface area contributed by atoms with Crippen molar-refractivity contribution in [3.63, 3.8) is 0 Å². The molecule has 0 aliphatic heterocycles. The molecule has 104 valence electrons. The molecule has 0 amide bonds. The quantitative estimate of drug-likeness (QED) is 0.923. The molecule has 0 radical (unpaired) electrons. The van der Waals surface area contributed by atoms with Crippen LogP contribution in [0.3, 0.4) is 0 Å². The summed E-state index contributed by atoms with van der Waals surface area (Å²) in [6.07, 6.45) is -3.40. The van der Waals surface area contributed by atoms with Gasteiger partial charge in [0.2, 0.25) is 0 Å². The molecule has 2 N–H and O–H groups in total. The molecular weight excluding hydrogens is 283 g/mol. The maximum atomic E-state index is 12.5. The van der Waals surface area contributed by atoms with Crippen molar-refractivity contribution >= 4 is 12.4 Å². The highest BCUT2D eigenvalue weighted by Gasteiger charge is 2.32. The van der Waals surface area contributed by atoms with Crippen LogP contribution >= 0.6 is 12.4 Å². The number of halogens is 4. The van der Waals surface area contributed by atoms with E-state index in [0.29, 0.717) is 11.5 Å². The van der Waals surface area contributed by atoms with Gasteiger partial charge >= 0.3 is 6.18 Å². The number of pyridine rings is 1. The predicted octanol–water partition coefficient (Wildman–Crippen LogP) is 3.20. The lowest BCUT2D eigenvalue weighted by Gasteiger charge is -2.05. The van der Waals surface area contributed by atoms with Crippen molar-refractivity contribution in [2.24, 2.45) is 5.73 Å². The lowest BCUT2D eigenvalue weighted by Crippen LogP contribution is -2.07. The minimum Gasteiger partial charge on any atom is -0.359 e. The molecule has 2 heterocycles. The van der Waals surface area contributed by atoms with Crippen molar-refractivity contribution in [3.8, 4) is 11.3 Å². The highest BCUT2D eigenvalue weighted by molar-refractivity contribution is 5.85. The number of rotatable bonds is 2. The van der Waals surface area contributed by atoms with E-state index >= 15 is 0 Å². The lowest BCUT2D eigenvalue weighted by atomic mass is 10.1. The van der Waals surface area contributed by atoms with E-state index in [1.165, 1.54) is 12.1 Å². The van der Waals surface area contributed by atoms with Crippen LogP contribution in [0.2, 0.25) is 0 Å². The average Bonchev–Trinajstić information content (AvgIpc) is 2.77. The number of hydrogen-bond donors (Lipinski definition) is 1. The first-order valence-electron chi connectivity index (χ1n) is 5.14. The first kappa shape index (κ1) is 15.5. The number of hydrogen-bond acceptors (Lipinski definition) is 4. The van der Waals surface area contributed by atoms with Crippen LogP contribution in [-0.2, 0) is 6.18 Å². The molecule has 0 bridgehead atoms. The Kier molecular flexibility index (Phi) is 4.54. The highest BCUT2D eigenvalue weighted by atomic mass is 35.5. The average molecular weight is 294 g/mol. The molecule has 8 heteroatoms. The Morgan fingerprint density at radius 3 is 2.53 bits per heavy atom. The molecule has 0 spiro atoms. The van der Waals surface area contributed by atoms with Gasteiger partial charge in [-0.25, -0.2) is 0 Å². The van der Waals surface area contributed by atoms with Gasteiger partial charge in [-0.1, -0.05) is 5.16 Å². The largest absolute Gasteiger partial charge is 0.433 e. The molecule has 0 aliphatic carbocycles. The summed E-state index contributed by atoms with van der Waals surface area (Å²) in [5.74, 6) is 0.412. The van der Waals surface area contributed by atoms with E-state index in [-0.39, 0.29) is 24.0 Å². The zero-order valence-corrected chi connectivity index (χ0v) is 10.6. The monoisotopic (exact) mass is 293 g/mol. The Hall–Kier alpha value is -1.60. The fourth-order valence-electron chi connectivity index (χ4n) is 1.38. The molecule has 0 fully saturated rings. The third kappa shape index (κ3) is 3.45. The van der Waals surface area contributed by atoms with Crippen molar-refractivity contribution < 1.29 is 17.7 Å². The minimum absolute atomic E-state index is 0. The second-order valence-corrected chi connectivity index (χ2v) is 3.83. The molecule has 0 aromatic carbocycles. The molecule has 2 rings (SSSR count). The molecule has 1 unspecified atom stereocenters. The third-order valence-corrected chi connectivity index (χ3v) is 2.32. The van der Waals surface area contributed by atoms with Crippen molar-refractivity contribution in [2.75, 3.05) is 0 Å².